The average Bonchev–Trinajstić information content (AvgIpc) is 2.48. The van der Waals surface area contributed by atoms with Gasteiger partial charge in [-0.05, 0) is 24.3 Å². The van der Waals surface area contributed by atoms with Gasteiger partial charge in [0.25, 0.3) is 0 Å². The summed E-state index contributed by atoms with van der Waals surface area (Å²) >= 11 is 12.5. The number of benzene rings is 1. The largest absolute Gasteiger partial charge is 0.398 e. The van der Waals surface area contributed by atoms with Crippen LogP contribution >= 0.6 is 35.0 Å². The zero-order valence-corrected chi connectivity index (χ0v) is 13.8. The molecule has 9 heteroatoms. The number of thioether (sulfide) groups is 1. The number of rotatable bonds is 4. The van der Waals surface area contributed by atoms with E-state index in [0.717, 1.165) is 0 Å². The van der Waals surface area contributed by atoms with E-state index in [1.54, 1.807) is 24.5 Å². The average molecular weight is 380 g/mol. The molecule has 2 N–H and O–H groups in total. The van der Waals surface area contributed by atoms with Crippen molar-refractivity contribution in [1.82, 2.24) is 4.98 Å². The molecule has 0 fully saturated rings. The first-order valence-electron chi connectivity index (χ1n) is 6.19. The maximum Gasteiger partial charge on any atom is 0.398 e. The van der Waals surface area contributed by atoms with Crippen LogP contribution in [-0.4, -0.2) is 22.7 Å². The molecule has 0 amide bonds. The molecular weight excluding hydrogens is 370 g/mol. The van der Waals surface area contributed by atoms with Crippen molar-refractivity contribution in [2.45, 2.75) is 11.1 Å². The number of nitrogens with zero attached hydrogens (tertiary/aromatic N) is 2. The Kier molecular flexibility index (Phi) is 5.78. The van der Waals surface area contributed by atoms with Crippen LogP contribution in [0.4, 0.5) is 18.9 Å². The maximum absolute atomic E-state index is 12.3. The van der Waals surface area contributed by atoms with Gasteiger partial charge in [0.15, 0.2) is 0 Å². The molecule has 1 heterocycles. The van der Waals surface area contributed by atoms with E-state index >= 15 is 0 Å². The molecule has 0 bridgehead atoms. The summed E-state index contributed by atoms with van der Waals surface area (Å²) in [5, 5.41) is 0.328. The van der Waals surface area contributed by atoms with E-state index in [2.05, 4.69) is 9.98 Å². The summed E-state index contributed by atoms with van der Waals surface area (Å²) in [5.41, 5.74) is 6.74. The van der Waals surface area contributed by atoms with E-state index in [9.17, 15) is 13.2 Å². The normalized spacial score (nSPS) is 12.5. The Morgan fingerprint density at radius 1 is 1.17 bits per heavy atom. The quantitative estimate of drug-likeness (QED) is 0.457. The van der Waals surface area contributed by atoms with Crippen LogP contribution < -0.4 is 5.73 Å². The van der Waals surface area contributed by atoms with E-state index in [-0.39, 0.29) is 26.5 Å². The molecule has 0 unspecified atom stereocenters. The van der Waals surface area contributed by atoms with E-state index < -0.39 is 11.9 Å². The van der Waals surface area contributed by atoms with Gasteiger partial charge in [0.2, 0.25) is 0 Å². The van der Waals surface area contributed by atoms with Crippen LogP contribution in [0.1, 0.15) is 5.56 Å². The Morgan fingerprint density at radius 3 is 2.43 bits per heavy atom. The second-order valence-electron chi connectivity index (χ2n) is 4.37. The number of hydrogen-bond acceptors (Lipinski definition) is 3. The minimum atomic E-state index is -4.30. The summed E-state index contributed by atoms with van der Waals surface area (Å²) in [5.74, 6) is -0.888. The van der Waals surface area contributed by atoms with Crippen LogP contribution in [0.5, 0.6) is 0 Å². The van der Waals surface area contributed by atoms with Crippen molar-refractivity contribution in [3.63, 3.8) is 0 Å². The fourth-order valence-electron chi connectivity index (χ4n) is 1.59. The number of amidine groups is 1. The molecule has 0 radical (unpaired) electrons. The zero-order valence-electron chi connectivity index (χ0n) is 11.4. The number of halogens is 5. The third kappa shape index (κ3) is 5.30. The van der Waals surface area contributed by atoms with Gasteiger partial charge in [0.05, 0.1) is 21.5 Å². The highest BCUT2D eigenvalue weighted by atomic mass is 35.5. The van der Waals surface area contributed by atoms with Gasteiger partial charge in [0.1, 0.15) is 5.84 Å². The van der Waals surface area contributed by atoms with Crippen molar-refractivity contribution in [3.05, 3.63) is 52.3 Å². The number of aromatic nitrogens is 1. The number of hydrogen-bond donors (Lipinski definition) is 1. The van der Waals surface area contributed by atoms with Crippen molar-refractivity contribution in [2.24, 2.45) is 10.7 Å². The van der Waals surface area contributed by atoms with E-state index in [1.807, 2.05) is 0 Å². The lowest BCUT2D eigenvalue weighted by atomic mass is 10.2. The van der Waals surface area contributed by atoms with Crippen LogP contribution in [0.2, 0.25) is 10.0 Å². The first kappa shape index (κ1) is 17.9. The number of pyridine rings is 1. The van der Waals surface area contributed by atoms with Gasteiger partial charge in [-0.2, -0.15) is 13.2 Å². The highest BCUT2D eigenvalue weighted by molar-refractivity contribution is 7.99. The molecule has 0 aliphatic rings. The lowest BCUT2D eigenvalue weighted by Crippen LogP contribution is -2.12. The fraction of sp³-hybridized carbons (Fsp3) is 0.143. The number of aliphatic imine (C=N–C) groups is 1. The summed E-state index contributed by atoms with van der Waals surface area (Å²) in [4.78, 5) is 8.25. The van der Waals surface area contributed by atoms with Gasteiger partial charge in [-0.3, -0.25) is 4.98 Å². The zero-order chi connectivity index (χ0) is 17.0. The topological polar surface area (TPSA) is 51.3 Å². The Morgan fingerprint density at radius 2 is 1.83 bits per heavy atom. The van der Waals surface area contributed by atoms with Gasteiger partial charge < -0.3 is 5.73 Å². The number of nitrogens with two attached hydrogens (primary N) is 1. The Labute approximate surface area is 144 Å². The molecule has 0 saturated carbocycles. The van der Waals surface area contributed by atoms with Crippen molar-refractivity contribution in [1.29, 1.82) is 0 Å². The van der Waals surface area contributed by atoms with Gasteiger partial charge in [-0.1, -0.05) is 23.2 Å². The van der Waals surface area contributed by atoms with E-state index in [0.29, 0.717) is 17.3 Å². The molecule has 0 aliphatic carbocycles. The molecule has 0 spiro atoms. The molecule has 122 valence electrons. The molecule has 23 heavy (non-hydrogen) atoms. The second kappa shape index (κ2) is 7.42. The van der Waals surface area contributed by atoms with Gasteiger partial charge in [-0.25, -0.2) is 4.99 Å². The van der Waals surface area contributed by atoms with Crippen molar-refractivity contribution < 1.29 is 13.2 Å². The molecule has 0 atom stereocenters. The number of alkyl halides is 3. The molecule has 0 aliphatic heterocycles. The minimum absolute atomic E-state index is 0.130. The smallest absolute Gasteiger partial charge is 0.383 e. The molecule has 2 aromatic rings. The van der Waals surface area contributed by atoms with Crippen LogP contribution in [-0.2, 0) is 0 Å². The molecule has 2 rings (SSSR count). The van der Waals surface area contributed by atoms with Crippen molar-refractivity contribution >= 4 is 46.5 Å². The van der Waals surface area contributed by atoms with Crippen LogP contribution in [0, 0.1) is 0 Å². The van der Waals surface area contributed by atoms with Crippen molar-refractivity contribution in [2.75, 3.05) is 5.75 Å². The Hall–Kier alpha value is -1.44. The highest BCUT2D eigenvalue weighted by Gasteiger charge is 2.27. The summed E-state index contributed by atoms with van der Waals surface area (Å²) in [6.07, 6.45) is -1.20. The fourth-order valence-corrected chi connectivity index (χ4v) is 2.89. The summed E-state index contributed by atoms with van der Waals surface area (Å²) in [6, 6.07) is 6.04. The lowest BCUT2D eigenvalue weighted by Gasteiger charge is -2.10. The van der Waals surface area contributed by atoms with Crippen LogP contribution in [0.15, 0.2) is 46.5 Å². The minimum Gasteiger partial charge on any atom is -0.383 e. The summed E-state index contributed by atoms with van der Waals surface area (Å²) < 4.78 is 37.0. The van der Waals surface area contributed by atoms with Gasteiger partial charge in [-0.15, -0.1) is 11.8 Å². The molecule has 3 nitrogen and oxygen atoms in total. The standard InChI is InChI=1S/C14H10Cl2F3N3S/c15-9-5-10(16)12(23-7-14(17,18)19)6-11(9)22-13(20)8-1-3-21-4-2-8/h1-6H,7H2,(H2,20,22). The molecule has 0 saturated heterocycles. The third-order valence-corrected chi connectivity index (χ3v) is 4.46. The van der Waals surface area contributed by atoms with E-state index in [1.165, 1.54) is 12.1 Å². The Balaban J connectivity index is 2.32. The van der Waals surface area contributed by atoms with E-state index in [4.69, 9.17) is 28.9 Å². The lowest BCUT2D eigenvalue weighted by molar-refractivity contribution is -0.105. The van der Waals surface area contributed by atoms with Gasteiger partial charge >= 0.3 is 6.18 Å². The summed E-state index contributed by atoms with van der Waals surface area (Å²) in [6.45, 7) is 0. The predicted molar refractivity (Wildman–Crippen MR) is 87.9 cm³/mol. The van der Waals surface area contributed by atoms with Crippen LogP contribution in [0.25, 0.3) is 0 Å². The van der Waals surface area contributed by atoms with Crippen LogP contribution in [0.3, 0.4) is 0 Å². The SMILES string of the molecule is N/C(=N\c1cc(SCC(F)(F)F)c(Cl)cc1Cl)c1ccncc1. The second-order valence-corrected chi connectivity index (χ2v) is 6.20. The third-order valence-electron chi connectivity index (χ3n) is 2.61. The highest BCUT2D eigenvalue weighted by Crippen LogP contribution is 2.38. The molecule has 1 aromatic carbocycles. The Bertz CT molecular complexity index is 721. The molecule has 1 aromatic heterocycles. The molecular formula is C14H10Cl2F3N3S. The summed E-state index contributed by atoms with van der Waals surface area (Å²) in [7, 11) is 0. The predicted octanol–water partition coefficient (Wildman–Crippen LogP) is 5.08. The first-order valence-corrected chi connectivity index (χ1v) is 7.93. The first-order chi connectivity index (χ1) is 10.8. The van der Waals surface area contributed by atoms with Gasteiger partial charge in [0, 0.05) is 22.9 Å². The maximum atomic E-state index is 12.3. The monoisotopic (exact) mass is 379 g/mol. The van der Waals surface area contributed by atoms with Crippen molar-refractivity contribution in [3.8, 4) is 0 Å².